The van der Waals surface area contributed by atoms with E-state index in [1.165, 1.54) is 18.3 Å². The monoisotopic (exact) mass is 435 g/mol. The van der Waals surface area contributed by atoms with Gasteiger partial charge >= 0.3 is 0 Å². The Morgan fingerprint density at radius 1 is 1.13 bits per heavy atom. The standard InChI is InChI=1S/C23H18ClN3O2S/c1-13-19(16-6-4-3-5-7-16)20-22(29)26-21(27-23(20)30-13)18(24)12-15-8-10-17(11-9-15)25-14(2)28/h3-12H,1-2H3,(H,25,28)(H,26,27,29)/b18-12-. The highest BCUT2D eigenvalue weighted by Crippen LogP contribution is 2.36. The predicted octanol–water partition coefficient (Wildman–Crippen LogP) is 5.66. The van der Waals surface area contributed by atoms with Crippen molar-refractivity contribution in [3.05, 3.63) is 81.2 Å². The van der Waals surface area contributed by atoms with E-state index >= 15 is 0 Å². The molecule has 0 saturated heterocycles. The molecule has 2 N–H and O–H groups in total. The first-order valence-corrected chi connectivity index (χ1v) is 10.5. The van der Waals surface area contributed by atoms with Crippen LogP contribution in [0.3, 0.4) is 0 Å². The van der Waals surface area contributed by atoms with Crippen LogP contribution in [0.25, 0.3) is 32.5 Å². The molecule has 0 fully saturated rings. The number of nitrogens with zero attached hydrogens (tertiary/aromatic N) is 1. The molecule has 0 aliphatic carbocycles. The van der Waals surface area contributed by atoms with E-state index in [2.05, 4.69) is 15.3 Å². The molecule has 1 amide bonds. The summed E-state index contributed by atoms with van der Waals surface area (Å²) in [7, 11) is 0. The fraction of sp³-hybridized carbons (Fsp3) is 0.0870. The number of benzene rings is 2. The van der Waals surface area contributed by atoms with Crippen LogP contribution in [-0.2, 0) is 4.79 Å². The van der Waals surface area contributed by atoms with E-state index in [4.69, 9.17) is 11.6 Å². The molecule has 4 aromatic rings. The number of carbonyl (C=O) groups is 1. The van der Waals surface area contributed by atoms with Gasteiger partial charge in [-0.05, 0) is 36.3 Å². The SMILES string of the molecule is CC(=O)Nc1ccc(/C=C(\Cl)c2nc3sc(C)c(-c4ccccc4)c3c(=O)[nH]2)cc1. The van der Waals surface area contributed by atoms with Crippen LogP contribution in [0.2, 0.25) is 0 Å². The largest absolute Gasteiger partial charge is 0.326 e. The van der Waals surface area contributed by atoms with Gasteiger partial charge in [-0.25, -0.2) is 4.98 Å². The fourth-order valence-corrected chi connectivity index (χ4v) is 4.53. The minimum atomic E-state index is -0.217. The van der Waals surface area contributed by atoms with Gasteiger partial charge < -0.3 is 10.3 Å². The fourth-order valence-electron chi connectivity index (χ4n) is 3.27. The third-order valence-electron chi connectivity index (χ3n) is 4.55. The van der Waals surface area contributed by atoms with Crippen molar-refractivity contribution in [2.45, 2.75) is 13.8 Å². The summed E-state index contributed by atoms with van der Waals surface area (Å²) in [5, 5.41) is 3.62. The minimum absolute atomic E-state index is 0.132. The van der Waals surface area contributed by atoms with Crippen molar-refractivity contribution in [3.8, 4) is 11.1 Å². The lowest BCUT2D eigenvalue weighted by molar-refractivity contribution is -0.114. The number of H-pyrrole nitrogens is 1. The highest BCUT2D eigenvalue weighted by molar-refractivity contribution is 7.19. The molecular formula is C23H18ClN3O2S. The molecule has 2 aromatic heterocycles. The van der Waals surface area contributed by atoms with Crippen molar-refractivity contribution < 1.29 is 4.79 Å². The lowest BCUT2D eigenvalue weighted by Crippen LogP contribution is -2.10. The van der Waals surface area contributed by atoms with Crippen molar-refractivity contribution in [2.75, 3.05) is 5.32 Å². The van der Waals surface area contributed by atoms with E-state index in [0.29, 0.717) is 26.8 Å². The lowest BCUT2D eigenvalue weighted by Gasteiger charge is -2.04. The number of aromatic nitrogens is 2. The lowest BCUT2D eigenvalue weighted by atomic mass is 10.0. The Morgan fingerprint density at radius 2 is 1.83 bits per heavy atom. The Labute approximate surface area is 182 Å². The van der Waals surface area contributed by atoms with Gasteiger partial charge in [0.1, 0.15) is 4.83 Å². The molecule has 5 nitrogen and oxygen atoms in total. The normalized spacial score (nSPS) is 11.6. The Hall–Kier alpha value is -3.22. The summed E-state index contributed by atoms with van der Waals surface area (Å²) in [5.74, 6) is 0.188. The number of amides is 1. The first kappa shape index (κ1) is 20.1. The van der Waals surface area contributed by atoms with E-state index in [0.717, 1.165) is 21.6 Å². The number of aryl methyl sites for hydroxylation is 1. The molecule has 30 heavy (non-hydrogen) atoms. The first-order valence-electron chi connectivity index (χ1n) is 9.26. The zero-order valence-corrected chi connectivity index (χ0v) is 17.9. The maximum absolute atomic E-state index is 12.9. The number of hydrogen-bond donors (Lipinski definition) is 2. The van der Waals surface area contributed by atoms with Gasteiger partial charge in [-0.15, -0.1) is 11.3 Å². The second-order valence-corrected chi connectivity index (χ2v) is 8.40. The maximum atomic E-state index is 12.9. The van der Waals surface area contributed by atoms with E-state index < -0.39 is 0 Å². The second kappa shape index (κ2) is 8.26. The van der Waals surface area contributed by atoms with E-state index in [1.54, 1.807) is 18.2 Å². The van der Waals surface area contributed by atoms with E-state index in [1.807, 2.05) is 49.4 Å². The third kappa shape index (κ3) is 4.06. The van der Waals surface area contributed by atoms with E-state index in [9.17, 15) is 9.59 Å². The summed E-state index contributed by atoms with van der Waals surface area (Å²) >= 11 is 7.94. The van der Waals surface area contributed by atoms with Crippen molar-refractivity contribution in [2.24, 2.45) is 0 Å². The van der Waals surface area contributed by atoms with Crippen LogP contribution in [-0.4, -0.2) is 15.9 Å². The molecule has 0 aliphatic rings. The Balaban J connectivity index is 1.72. The van der Waals surface area contributed by atoms with Gasteiger partial charge in [0.05, 0.1) is 10.4 Å². The van der Waals surface area contributed by atoms with Crippen LogP contribution in [0, 0.1) is 6.92 Å². The molecule has 2 aromatic carbocycles. The summed E-state index contributed by atoms with van der Waals surface area (Å²) in [4.78, 5) is 33.1. The summed E-state index contributed by atoms with van der Waals surface area (Å²) in [6, 6.07) is 17.0. The summed E-state index contributed by atoms with van der Waals surface area (Å²) in [6.07, 6.45) is 1.72. The number of thiophene rings is 1. The second-order valence-electron chi connectivity index (χ2n) is 6.79. The highest BCUT2D eigenvalue weighted by Gasteiger charge is 2.17. The molecule has 7 heteroatoms. The molecule has 0 unspecified atom stereocenters. The van der Waals surface area contributed by atoms with Gasteiger partial charge in [0, 0.05) is 23.1 Å². The number of aromatic amines is 1. The number of fused-ring (bicyclic) bond motifs is 1. The summed E-state index contributed by atoms with van der Waals surface area (Å²) < 4.78 is 0. The predicted molar refractivity (Wildman–Crippen MR) is 125 cm³/mol. The molecule has 0 atom stereocenters. The molecular weight excluding hydrogens is 418 g/mol. The molecule has 0 saturated carbocycles. The smallest absolute Gasteiger partial charge is 0.260 e. The number of nitrogens with one attached hydrogen (secondary N) is 2. The van der Waals surface area contributed by atoms with Crippen molar-refractivity contribution in [3.63, 3.8) is 0 Å². The topological polar surface area (TPSA) is 74.8 Å². The van der Waals surface area contributed by atoms with Gasteiger partial charge in [0.2, 0.25) is 5.91 Å². The van der Waals surface area contributed by atoms with Gasteiger partial charge in [-0.2, -0.15) is 0 Å². The van der Waals surface area contributed by atoms with Crippen LogP contribution in [0.1, 0.15) is 23.2 Å². The molecule has 0 aliphatic heterocycles. The van der Waals surface area contributed by atoms with Crippen LogP contribution >= 0.6 is 22.9 Å². The summed E-state index contributed by atoms with van der Waals surface area (Å²) in [5.41, 5.74) is 3.20. The third-order valence-corrected chi connectivity index (χ3v) is 5.84. The van der Waals surface area contributed by atoms with Crippen LogP contribution < -0.4 is 10.9 Å². The average molecular weight is 436 g/mol. The number of anilines is 1. The molecule has 0 bridgehead atoms. The van der Waals surface area contributed by atoms with Crippen molar-refractivity contribution >= 4 is 55.9 Å². The van der Waals surface area contributed by atoms with Crippen LogP contribution in [0.15, 0.2) is 59.4 Å². The zero-order valence-electron chi connectivity index (χ0n) is 16.3. The molecule has 2 heterocycles. The Kier molecular flexibility index (Phi) is 5.53. The quantitative estimate of drug-likeness (QED) is 0.434. The van der Waals surface area contributed by atoms with Crippen LogP contribution in [0.5, 0.6) is 0 Å². The Bertz CT molecular complexity index is 1320. The van der Waals surface area contributed by atoms with E-state index in [-0.39, 0.29) is 11.5 Å². The molecule has 4 rings (SSSR count). The van der Waals surface area contributed by atoms with Crippen molar-refractivity contribution in [1.82, 2.24) is 9.97 Å². The van der Waals surface area contributed by atoms with Gasteiger partial charge in [0.25, 0.3) is 5.56 Å². The zero-order chi connectivity index (χ0) is 21.3. The maximum Gasteiger partial charge on any atom is 0.260 e. The number of rotatable bonds is 4. The van der Waals surface area contributed by atoms with Crippen molar-refractivity contribution in [1.29, 1.82) is 0 Å². The van der Waals surface area contributed by atoms with Gasteiger partial charge in [-0.1, -0.05) is 54.1 Å². The first-order chi connectivity index (χ1) is 14.4. The van der Waals surface area contributed by atoms with Gasteiger partial charge in [-0.3, -0.25) is 9.59 Å². The van der Waals surface area contributed by atoms with Crippen LogP contribution in [0.4, 0.5) is 5.69 Å². The van der Waals surface area contributed by atoms with Gasteiger partial charge in [0.15, 0.2) is 5.82 Å². The average Bonchev–Trinajstić information content (AvgIpc) is 3.06. The minimum Gasteiger partial charge on any atom is -0.326 e. The molecule has 0 spiro atoms. The number of carbonyl (C=O) groups excluding carboxylic acids is 1. The number of hydrogen-bond acceptors (Lipinski definition) is 4. The Morgan fingerprint density at radius 3 is 2.50 bits per heavy atom. The number of halogens is 1. The summed E-state index contributed by atoms with van der Waals surface area (Å²) in [6.45, 7) is 3.44. The molecule has 0 radical (unpaired) electrons. The molecule has 150 valence electrons. The highest BCUT2D eigenvalue weighted by atomic mass is 35.5.